The molecular formula is C9H9N2O2+. The lowest BCUT2D eigenvalue weighted by Crippen LogP contribution is -2.25. The van der Waals surface area contributed by atoms with Gasteiger partial charge in [0.2, 0.25) is 0 Å². The van der Waals surface area contributed by atoms with Gasteiger partial charge in [-0.15, -0.1) is 0 Å². The van der Waals surface area contributed by atoms with Crippen molar-refractivity contribution in [2.24, 2.45) is 0 Å². The zero-order valence-corrected chi connectivity index (χ0v) is 6.90. The number of nitrogens with one attached hydrogen (secondary N) is 1. The van der Waals surface area contributed by atoms with Crippen molar-refractivity contribution in [3.05, 3.63) is 36.3 Å². The number of carboxylic acids is 1. The molecule has 0 saturated heterocycles. The van der Waals surface area contributed by atoms with Gasteiger partial charge in [-0.2, -0.15) is 4.40 Å². The number of hydrogen-bond acceptors (Lipinski definition) is 1. The first-order valence-corrected chi connectivity index (χ1v) is 3.96. The van der Waals surface area contributed by atoms with Gasteiger partial charge in [-0.3, -0.25) is 4.79 Å². The van der Waals surface area contributed by atoms with E-state index in [1.807, 2.05) is 28.8 Å². The zero-order chi connectivity index (χ0) is 9.26. The highest BCUT2D eigenvalue weighted by Crippen LogP contribution is 1.97. The Morgan fingerprint density at radius 2 is 2.38 bits per heavy atom. The third-order valence-corrected chi connectivity index (χ3v) is 1.89. The van der Waals surface area contributed by atoms with Gasteiger partial charge in [0, 0.05) is 6.07 Å². The fraction of sp³-hybridized carbons (Fsp3) is 0.111. The zero-order valence-electron chi connectivity index (χ0n) is 6.90. The number of hydrogen-bond donors (Lipinski definition) is 2. The number of aliphatic carboxylic acids is 1. The van der Waals surface area contributed by atoms with E-state index in [0.717, 1.165) is 11.3 Å². The van der Waals surface area contributed by atoms with Crippen LogP contribution in [0.2, 0.25) is 0 Å². The fourth-order valence-electron chi connectivity index (χ4n) is 1.33. The molecule has 4 heteroatoms. The number of carboxylic acid groups (broad SMARTS) is 1. The molecule has 0 atom stereocenters. The molecule has 0 amide bonds. The van der Waals surface area contributed by atoms with Crippen LogP contribution >= 0.6 is 0 Å². The molecule has 0 aliphatic carbocycles. The van der Waals surface area contributed by atoms with E-state index in [9.17, 15) is 4.79 Å². The van der Waals surface area contributed by atoms with Crippen LogP contribution in [0.1, 0.15) is 5.69 Å². The van der Waals surface area contributed by atoms with Gasteiger partial charge in [-0.1, -0.05) is 6.07 Å². The van der Waals surface area contributed by atoms with Crippen LogP contribution < -0.4 is 4.40 Å². The number of pyridine rings is 1. The highest BCUT2D eigenvalue weighted by molar-refractivity contribution is 5.69. The highest BCUT2D eigenvalue weighted by Gasteiger charge is 2.12. The lowest BCUT2D eigenvalue weighted by atomic mass is 10.3. The fourth-order valence-corrected chi connectivity index (χ4v) is 1.33. The van der Waals surface area contributed by atoms with Crippen molar-refractivity contribution in [3.8, 4) is 0 Å². The molecule has 2 N–H and O–H groups in total. The molecule has 0 fully saturated rings. The number of nitrogens with zero attached hydrogens (tertiary/aromatic N) is 1. The molecular weight excluding hydrogens is 168 g/mol. The molecule has 2 rings (SSSR count). The van der Waals surface area contributed by atoms with E-state index in [2.05, 4.69) is 4.98 Å². The summed E-state index contributed by atoms with van der Waals surface area (Å²) in [6.07, 6.45) is 3.59. The number of fused-ring (bicyclic) bond motifs is 1. The summed E-state index contributed by atoms with van der Waals surface area (Å²) in [6, 6.07) is 5.66. The summed E-state index contributed by atoms with van der Waals surface area (Å²) in [5.41, 5.74) is 1.65. The maximum absolute atomic E-state index is 10.5. The van der Waals surface area contributed by atoms with Crippen molar-refractivity contribution in [2.75, 3.05) is 0 Å². The maximum Gasteiger partial charge on any atom is 0.311 e. The van der Waals surface area contributed by atoms with E-state index < -0.39 is 5.97 Å². The second-order valence-electron chi connectivity index (χ2n) is 2.81. The summed E-state index contributed by atoms with van der Waals surface area (Å²) in [5, 5.41) is 8.62. The third-order valence-electron chi connectivity index (χ3n) is 1.89. The Morgan fingerprint density at radius 1 is 1.54 bits per heavy atom. The van der Waals surface area contributed by atoms with Gasteiger partial charge in [-0.05, 0) is 6.07 Å². The molecule has 0 unspecified atom stereocenters. The van der Waals surface area contributed by atoms with Crippen LogP contribution in [0.15, 0.2) is 30.6 Å². The van der Waals surface area contributed by atoms with Crippen LogP contribution in [-0.4, -0.2) is 16.1 Å². The average Bonchev–Trinajstić information content (AvgIpc) is 2.48. The minimum atomic E-state index is -0.822. The molecule has 2 aromatic rings. The molecule has 0 saturated carbocycles. The van der Waals surface area contributed by atoms with Crippen LogP contribution in [0.25, 0.3) is 5.65 Å². The predicted octanol–water partition coefficient (Wildman–Crippen LogP) is 0.381. The summed E-state index contributed by atoms with van der Waals surface area (Å²) in [5.74, 6) is -0.822. The van der Waals surface area contributed by atoms with Crippen molar-refractivity contribution >= 4 is 11.6 Å². The summed E-state index contributed by atoms with van der Waals surface area (Å²) < 4.78 is 1.83. The lowest BCUT2D eigenvalue weighted by molar-refractivity contribution is -0.518. The Balaban J connectivity index is 2.51. The molecule has 13 heavy (non-hydrogen) atoms. The van der Waals surface area contributed by atoms with E-state index in [0.29, 0.717) is 0 Å². The first-order valence-electron chi connectivity index (χ1n) is 3.96. The predicted molar refractivity (Wildman–Crippen MR) is 45.3 cm³/mol. The molecule has 2 heterocycles. The highest BCUT2D eigenvalue weighted by atomic mass is 16.4. The largest absolute Gasteiger partial charge is 0.481 e. The number of H-pyrrole nitrogens is 1. The Labute approximate surface area is 74.5 Å². The quantitative estimate of drug-likeness (QED) is 0.651. The van der Waals surface area contributed by atoms with Gasteiger partial charge in [-0.25, -0.2) is 4.98 Å². The SMILES string of the molecule is O=C(O)Cc1c[nH]c2cccc[n+]12. The van der Waals surface area contributed by atoms with Gasteiger partial charge in [0.1, 0.15) is 12.6 Å². The number of rotatable bonds is 2. The van der Waals surface area contributed by atoms with Crippen molar-refractivity contribution in [1.29, 1.82) is 0 Å². The maximum atomic E-state index is 10.5. The van der Waals surface area contributed by atoms with Crippen molar-refractivity contribution < 1.29 is 14.3 Å². The molecule has 0 aromatic carbocycles. The summed E-state index contributed by atoms with van der Waals surface area (Å²) in [4.78, 5) is 13.5. The van der Waals surface area contributed by atoms with Gasteiger partial charge in [0.15, 0.2) is 5.69 Å². The van der Waals surface area contributed by atoms with Gasteiger partial charge >= 0.3 is 5.97 Å². The Kier molecular flexibility index (Phi) is 1.73. The summed E-state index contributed by atoms with van der Waals surface area (Å²) >= 11 is 0. The summed E-state index contributed by atoms with van der Waals surface area (Å²) in [7, 11) is 0. The van der Waals surface area contributed by atoms with E-state index >= 15 is 0 Å². The van der Waals surface area contributed by atoms with Gasteiger partial charge in [0.25, 0.3) is 5.65 Å². The number of aromatic amines is 1. The molecule has 0 spiro atoms. The standard InChI is InChI=1S/C9H8N2O2/c12-9(13)5-7-6-10-8-3-1-2-4-11(7)8/h1-4,6H,5H2,(H,12,13)/p+1. The van der Waals surface area contributed by atoms with Crippen LogP contribution in [-0.2, 0) is 11.2 Å². The van der Waals surface area contributed by atoms with E-state index in [1.54, 1.807) is 6.20 Å². The molecule has 2 aromatic heterocycles. The Bertz CT molecular complexity index is 448. The van der Waals surface area contributed by atoms with E-state index in [1.165, 1.54) is 0 Å². The Morgan fingerprint density at radius 3 is 3.15 bits per heavy atom. The average molecular weight is 177 g/mol. The smallest absolute Gasteiger partial charge is 0.311 e. The van der Waals surface area contributed by atoms with Crippen molar-refractivity contribution in [2.45, 2.75) is 6.42 Å². The van der Waals surface area contributed by atoms with Crippen molar-refractivity contribution in [1.82, 2.24) is 4.98 Å². The molecule has 4 nitrogen and oxygen atoms in total. The van der Waals surface area contributed by atoms with Crippen LogP contribution in [0.3, 0.4) is 0 Å². The van der Waals surface area contributed by atoms with Crippen LogP contribution in [0, 0.1) is 0 Å². The van der Waals surface area contributed by atoms with Crippen LogP contribution in [0.5, 0.6) is 0 Å². The molecule has 0 bridgehead atoms. The molecule has 0 aliphatic heterocycles. The van der Waals surface area contributed by atoms with E-state index in [-0.39, 0.29) is 6.42 Å². The minimum absolute atomic E-state index is 0.0364. The second-order valence-corrected chi connectivity index (χ2v) is 2.81. The molecule has 0 aliphatic rings. The lowest BCUT2D eigenvalue weighted by Gasteiger charge is -1.89. The number of imidazole rings is 1. The number of carbonyl (C=O) groups is 1. The molecule has 66 valence electrons. The normalized spacial score (nSPS) is 10.5. The van der Waals surface area contributed by atoms with Gasteiger partial charge in [0.05, 0.1) is 6.20 Å². The van der Waals surface area contributed by atoms with Crippen molar-refractivity contribution in [3.63, 3.8) is 0 Å². The monoisotopic (exact) mass is 177 g/mol. The first-order chi connectivity index (χ1) is 6.27. The van der Waals surface area contributed by atoms with Gasteiger partial charge < -0.3 is 5.11 Å². The minimum Gasteiger partial charge on any atom is -0.481 e. The van der Waals surface area contributed by atoms with E-state index in [4.69, 9.17) is 5.11 Å². The summed E-state index contributed by atoms with van der Waals surface area (Å²) in [6.45, 7) is 0. The third kappa shape index (κ3) is 1.38. The molecule has 0 radical (unpaired) electrons. The first kappa shape index (κ1) is 7.79. The second kappa shape index (κ2) is 2.90. The topological polar surface area (TPSA) is 57.2 Å². The Hall–Kier alpha value is -1.84. The number of aromatic nitrogens is 2. The van der Waals surface area contributed by atoms with Crippen LogP contribution in [0.4, 0.5) is 0 Å².